The summed E-state index contributed by atoms with van der Waals surface area (Å²) in [6.07, 6.45) is 4.90. The summed E-state index contributed by atoms with van der Waals surface area (Å²) in [5, 5.41) is 0. The highest BCUT2D eigenvalue weighted by atomic mass is 16.2. The molecule has 0 fully saturated rings. The Morgan fingerprint density at radius 1 is 0.812 bits per heavy atom. The fourth-order valence-corrected chi connectivity index (χ4v) is 5.04. The zero-order valence-corrected chi connectivity index (χ0v) is 18.4. The number of amides is 1. The van der Waals surface area contributed by atoms with Gasteiger partial charge >= 0.3 is 0 Å². The molecular formula is C28H26N2O2. The second-order valence-electron chi connectivity index (χ2n) is 8.83. The zero-order valence-electron chi connectivity index (χ0n) is 18.4. The van der Waals surface area contributed by atoms with Crippen molar-refractivity contribution in [2.75, 3.05) is 4.90 Å². The van der Waals surface area contributed by atoms with E-state index in [0.29, 0.717) is 12.8 Å². The molecular weight excluding hydrogens is 396 g/mol. The Balaban J connectivity index is 1.66. The van der Waals surface area contributed by atoms with Gasteiger partial charge in [-0.3, -0.25) is 19.5 Å². The highest BCUT2D eigenvalue weighted by Crippen LogP contribution is 2.47. The number of carbonyl (C=O) groups is 2. The van der Waals surface area contributed by atoms with E-state index in [9.17, 15) is 9.59 Å². The number of allylic oxidation sites excluding steroid dienone is 2. The highest BCUT2D eigenvalue weighted by molar-refractivity contribution is 6.08. The minimum atomic E-state index is -0.215. The fourth-order valence-electron chi connectivity index (χ4n) is 5.04. The first kappa shape index (κ1) is 20.4. The van der Waals surface area contributed by atoms with E-state index in [-0.39, 0.29) is 29.9 Å². The molecule has 160 valence electrons. The second kappa shape index (κ2) is 8.19. The van der Waals surface area contributed by atoms with Crippen LogP contribution in [0.3, 0.4) is 0 Å². The number of ketones is 1. The molecule has 1 aromatic heterocycles. The van der Waals surface area contributed by atoms with Gasteiger partial charge in [-0.1, -0.05) is 36.4 Å². The van der Waals surface area contributed by atoms with E-state index in [1.54, 1.807) is 12.4 Å². The van der Waals surface area contributed by atoms with Crippen molar-refractivity contribution in [2.45, 2.75) is 44.9 Å². The van der Waals surface area contributed by atoms with Crippen molar-refractivity contribution >= 4 is 17.4 Å². The third-order valence-corrected chi connectivity index (χ3v) is 6.86. The van der Waals surface area contributed by atoms with Crippen molar-refractivity contribution in [1.82, 2.24) is 4.98 Å². The lowest BCUT2D eigenvalue weighted by atomic mass is 9.73. The molecule has 0 saturated carbocycles. The molecule has 1 aliphatic heterocycles. The van der Waals surface area contributed by atoms with Gasteiger partial charge in [0.05, 0.1) is 0 Å². The maximum Gasteiger partial charge on any atom is 0.232 e. The van der Waals surface area contributed by atoms with Crippen molar-refractivity contribution in [3.63, 3.8) is 0 Å². The molecule has 5 rings (SSSR count). The lowest BCUT2D eigenvalue weighted by molar-refractivity contribution is -0.120. The average Bonchev–Trinajstić information content (AvgIpc) is 2.81. The number of anilines is 1. The van der Waals surface area contributed by atoms with E-state index in [1.807, 2.05) is 47.4 Å². The number of hydrogen-bond acceptors (Lipinski definition) is 3. The topological polar surface area (TPSA) is 50.3 Å². The Kier molecular flexibility index (Phi) is 5.22. The SMILES string of the molecule is Cc1ccc(N2C(=O)CC(c3ccncc3)C3=C2CC(c2ccccc2)CC3=O)cc1C. The molecule has 2 atom stereocenters. The summed E-state index contributed by atoms with van der Waals surface area (Å²) < 4.78 is 0. The normalized spacial score (nSPS) is 21.0. The number of nitrogens with zero attached hydrogens (tertiary/aromatic N) is 2. The van der Waals surface area contributed by atoms with Crippen LogP contribution in [0.25, 0.3) is 0 Å². The fraction of sp³-hybridized carbons (Fsp3) is 0.250. The van der Waals surface area contributed by atoms with Crippen molar-refractivity contribution in [3.05, 3.63) is 107 Å². The van der Waals surface area contributed by atoms with E-state index in [0.717, 1.165) is 33.6 Å². The molecule has 1 aliphatic carbocycles. The van der Waals surface area contributed by atoms with Crippen molar-refractivity contribution < 1.29 is 9.59 Å². The molecule has 1 amide bonds. The van der Waals surface area contributed by atoms with Crippen LogP contribution in [-0.4, -0.2) is 16.7 Å². The van der Waals surface area contributed by atoms with Gasteiger partial charge in [-0.2, -0.15) is 0 Å². The number of aryl methyl sites for hydroxylation is 2. The molecule has 2 heterocycles. The first-order valence-electron chi connectivity index (χ1n) is 11.1. The van der Waals surface area contributed by atoms with Gasteiger partial charge in [0, 0.05) is 48.1 Å². The molecule has 32 heavy (non-hydrogen) atoms. The second-order valence-corrected chi connectivity index (χ2v) is 8.83. The predicted molar refractivity (Wildman–Crippen MR) is 125 cm³/mol. The first-order valence-corrected chi connectivity index (χ1v) is 11.1. The Bertz CT molecular complexity index is 1210. The van der Waals surface area contributed by atoms with Crippen LogP contribution in [0.4, 0.5) is 5.69 Å². The maximum atomic E-state index is 13.6. The quantitative estimate of drug-likeness (QED) is 0.550. The molecule has 4 nitrogen and oxygen atoms in total. The Morgan fingerprint density at radius 2 is 1.56 bits per heavy atom. The minimum absolute atomic E-state index is 0.0373. The smallest absolute Gasteiger partial charge is 0.232 e. The third kappa shape index (κ3) is 3.56. The van der Waals surface area contributed by atoms with E-state index in [4.69, 9.17) is 0 Å². The molecule has 0 saturated heterocycles. The summed E-state index contributed by atoms with van der Waals surface area (Å²) in [6, 6.07) is 20.1. The van der Waals surface area contributed by atoms with Crippen molar-refractivity contribution in [1.29, 1.82) is 0 Å². The van der Waals surface area contributed by atoms with Crippen LogP contribution in [-0.2, 0) is 9.59 Å². The number of aromatic nitrogens is 1. The van der Waals surface area contributed by atoms with Gasteiger partial charge in [0.15, 0.2) is 5.78 Å². The number of carbonyl (C=O) groups excluding carboxylic acids is 2. The Hall–Kier alpha value is -3.53. The lowest BCUT2D eigenvalue weighted by Gasteiger charge is -2.40. The first-order chi connectivity index (χ1) is 15.5. The molecule has 2 aromatic carbocycles. The molecule has 2 aliphatic rings. The van der Waals surface area contributed by atoms with Crippen LogP contribution in [0.5, 0.6) is 0 Å². The number of pyridine rings is 1. The van der Waals surface area contributed by atoms with E-state index in [1.165, 1.54) is 5.56 Å². The van der Waals surface area contributed by atoms with Crippen LogP contribution in [0.2, 0.25) is 0 Å². The lowest BCUT2D eigenvalue weighted by Crippen LogP contribution is -2.41. The number of rotatable bonds is 3. The Morgan fingerprint density at radius 3 is 2.28 bits per heavy atom. The summed E-state index contributed by atoms with van der Waals surface area (Å²) in [5.41, 5.74) is 6.94. The molecule has 0 N–H and O–H groups in total. The van der Waals surface area contributed by atoms with Gasteiger partial charge in [-0.25, -0.2) is 0 Å². The van der Waals surface area contributed by atoms with E-state index < -0.39 is 0 Å². The molecule has 4 heteroatoms. The molecule has 0 spiro atoms. The number of hydrogen-bond donors (Lipinski definition) is 0. The van der Waals surface area contributed by atoms with E-state index in [2.05, 4.69) is 37.0 Å². The summed E-state index contributed by atoms with van der Waals surface area (Å²) in [6.45, 7) is 4.12. The molecule has 0 bridgehead atoms. The molecule has 3 aromatic rings. The molecule has 0 radical (unpaired) electrons. The molecule has 2 unspecified atom stereocenters. The minimum Gasteiger partial charge on any atom is -0.294 e. The van der Waals surface area contributed by atoms with Gasteiger partial charge in [0.2, 0.25) is 5.91 Å². The predicted octanol–water partition coefficient (Wildman–Crippen LogP) is 5.62. The van der Waals surface area contributed by atoms with Gasteiger partial charge in [0.25, 0.3) is 0 Å². The van der Waals surface area contributed by atoms with Gasteiger partial charge < -0.3 is 0 Å². The summed E-state index contributed by atoms with van der Waals surface area (Å²) in [7, 11) is 0. The van der Waals surface area contributed by atoms with Crippen molar-refractivity contribution in [3.8, 4) is 0 Å². The summed E-state index contributed by atoms with van der Waals surface area (Å²) in [5.74, 6) is 0.0339. The van der Waals surface area contributed by atoms with Crippen molar-refractivity contribution in [2.24, 2.45) is 0 Å². The number of benzene rings is 2. The van der Waals surface area contributed by atoms with Gasteiger partial charge in [-0.15, -0.1) is 0 Å². The zero-order chi connectivity index (χ0) is 22.2. The Labute approximate surface area is 188 Å². The standard InChI is InChI=1S/C28H26N2O2/c1-18-8-9-23(14-19(18)2)30-25-15-22(20-6-4-3-5-7-20)16-26(31)28(25)24(17-27(30)32)21-10-12-29-13-11-21/h3-14,22,24H,15-17H2,1-2H3. The third-order valence-electron chi connectivity index (χ3n) is 6.86. The van der Waals surface area contributed by atoms with Crippen LogP contribution in [0.1, 0.15) is 53.4 Å². The van der Waals surface area contributed by atoms with Crippen LogP contribution < -0.4 is 4.90 Å². The highest BCUT2D eigenvalue weighted by Gasteiger charge is 2.42. The monoisotopic (exact) mass is 422 g/mol. The number of Topliss-reactive ketones (excluding diaryl/α,β-unsaturated/α-hetero) is 1. The van der Waals surface area contributed by atoms with E-state index >= 15 is 0 Å². The van der Waals surface area contributed by atoms with Crippen LogP contribution in [0, 0.1) is 13.8 Å². The van der Waals surface area contributed by atoms with Gasteiger partial charge in [0.1, 0.15) is 0 Å². The summed E-state index contributed by atoms with van der Waals surface area (Å²) >= 11 is 0. The van der Waals surface area contributed by atoms with Crippen LogP contribution >= 0.6 is 0 Å². The summed E-state index contributed by atoms with van der Waals surface area (Å²) in [4.78, 5) is 33.1. The maximum absolute atomic E-state index is 13.6. The van der Waals surface area contributed by atoms with Gasteiger partial charge in [-0.05, 0) is 72.7 Å². The average molecular weight is 423 g/mol. The largest absolute Gasteiger partial charge is 0.294 e. The van der Waals surface area contributed by atoms with Crippen LogP contribution in [0.15, 0.2) is 84.3 Å².